The van der Waals surface area contributed by atoms with Crippen LogP contribution in [0.1, 0.15) is 12.5 Å². The van der Waals surface area contributed by atoms with Crippen molar-refractivity contribution >= 4 is 55.1 Å². The third-order valence-electron chi connectivity index (χ3n) is 5.44. The summed E-state index contributed by atoms with van der Waals surface area (Å²) in [6.45, 7) is 1.11. The Morgan fingerprint density at radius 1 is 0.971 bits per heavy atom. The predicted molar refractivity (Wildman–Crippen MR) is 141 cm³/mol. The van der Waals surface area contributed by atoms with Crippen LogP contribution in [0.2, 0.25) is 5.02 Å². The average molecular weight is 579 g/mol. The molecule has 0 aromatic heterocycles. The van der Waals surface area contributed by atoms with E-state index in [2.05, 4.69) is 21.2 Å². The molecule has 1 atom stereocenters. The fourth-order valence-electron chi connectivity index (χ4n) is 3.46. The summed E-state index contributed by atoms with van der Waals surface area (Å²) in [5.41, 5.74) is 0.954. The number of carbonyl (C=O) groups is 2. The zero-order valence-corrected chi connectivity index (χ0v) is 22.3. The van der Waals surface area contributed by atoms with Crippen LogP contribution >= 0.6 is 27.5 Å². The topological polar surface area (TPSA) is 86.8 Å². The highest BCUT2D eigenvalue weighted by atomic mass is 79.9. The fourth-order valence-corrected chi connectivity index (χ4v) is 5.35. The van der Waals surface area contributed by atoms with Crippen LogP contribution in [-0.2, 0) is 26.2 Å². The number of nitrogens with one attached hydrogen (secondary N) is 1. The third-order valence-corrected chi connectivity index (χ3v) is 8.12. The molecule has 2 amide bonds. The molecule has 1 unspecified atom stereocenters. The van der Waals surface area contributed by atoms with Gasteiger partial charge in [0.2, 0.25) is 11.8 Å². The number of hydrogen-bond donors (Lipinski definition) is 1. The van der Waals surface area contributed by atoms with E-state index in [9.17, 15) is 18.0 Å². The molecule has 1 N–H and O–H groups in total. The lowest BCUT2D eigenvalue weighted by Gasteiger charge is -2.32. The van der Waals surface area contributed by atoms with Crippen molar-refractivity contribution in [3.63, 3.8) is 0 Å². The minimum atomic E-state index is -4.08. The molecule has 3 aromatic rings. The van der Waals surface area contributed by atoms with Gasteiger partial charge >= 0.3 is 0 Å². The fraction of sp³-hybridized carbons (Fsp3) is 0.200. The highest BCUT2D eigenvalue weighted by Crippen LogP contribution is 2.26. The normalized spacial score (nSPS) is 12.0. The quantitative estimate of drug-likeness (QED) is 0.406. The van der Waals surface area contributed by atoms with Crippen LogP contribution < -0.4 is 9.62 Å². The first-order valence-electron chi connectivity index (χ1n) is 10.7. The summed E-state index contributed by atoms with van der Waals surface area (Å²) in [6.07, 6.45) is 0. The zero-order valence-electron chi connectivity index (χ0n) is 19.2. The highest BCUT2D eigenvalue weighted by Gasteiger charge is 2.32. The molecule has 10 heteroatoms. The number of amides is 2. The number of rotatable bonds is 9. The number of benzene rings is 3. The number of carbonyl (C=O) groups excluding carboxylic acids is 2. The van der Waals surface area contributed by atoms with Crippen LogP contribution in [0.4, 0.5) is 5.69 Å². The molecule has 7 nitrogen and oxygen atoms in total. The van der Waals surface area contributed by atoms with Crippen molar-refractivity contribution in [2.24, 2.45) is 0 Å². The van der Waals surface area contributed by atoms with E-state index in [1.54, 1.807) is 73.7 Å². The van der Waals surface area contributed by atoms with Crippen molar-refractivity contribution < 1.29 is 18.0 Å². The van der Waals surface area contributed by atoms with E-state index in [0.29, 0.717) is 16.3 Å². The van der Waals surface area contributed by atoms with E-state index < -0.39 is 28.5 Å². The monoisotopic (exact) mass is 577 g/mol. The molecule has 0 aliphatic rings. The van der Waals surface area contributed by atoms with E-state index in [-0.39, 0.29) is 17.3 Å². The zero-order chi connectivity index (χ0) is 25.6. The lowest BCUT2D eigenvalue weighted by atomic mass is 10.1. The highest BCUT2D eigenvalue weighted by molar-refractivity contribution is 9.10. The molecule has 0 fully saturated rings. The Morgan fingerprint density at radius 3 is 2.17 bits per heavy atom. The maximum Gasteiger partial charge on any atom is 0.264 e. The Kier molecular flexibility index (Phi) is 8.93. The maximum atomic E-state index is 13.6. The smallest absolute Gasteiger partial charge is 0.264 e. The summed E-state index contributed by atoms with van der Waals surface area (Å²) in [4.78, 5) is 27.5. The predicted octanol–water partition coefficient (Wildman–Crippen LogP) is 4.46. The molecular formula is C25H25BrClN3O4S. The van der Waals surface area contributed by atoms with Crippen molar-refractivity contribution in [2.75, 3.05) is 17.9 Å². The van der Waals surface area contributed by atoms with Gasteiger partial charge in [0.05, 0.1) is 10.6 Å². The summed E-state index contributed by atoms with van der Waals surface area (Å²) in [7, 11) is -2.61. The molecule has 184 valence electrons. The minimum Gasteiger partial charge on any atom is -0.357 e. The number of likely N-dealkylation sites (N-methyl/N-ethyl adjacent to an activating group) is 1. The molecular weight excluding hydrogens is 554 g/mol. The van der Waals surface area contributed by atoms with Crippen molar-refractivity contribution in [3.8, 4) is 0 Å². The first-order chi connectivity index (χ1) is 16.6. The van der Waals surface area contributed by atoms with Crippen LogP contribution in [0.3, 0.4) is 0 Å². The van der Waals surface area contributed by atoms with Gasteiger partial charge in [-0.15, -0.1) is 0 Å². The molecule has 35 heavy (non-hydrogen) atoms. The summed E-state index contributed by atoms with van der Waals surface area (Å²) in [6, 6.07) is 20.6. The Balaban J connectivity index is 2.02. The van der Waals surface area contributed by atoms with E-state index in [1.807, 2.05) is 0 Å². The Labute approximate surface area is 218 Å². The largest absolute Gasteiger partial charge is 0.357 e. The third kappa shape index (κ3) is 6.42. The van der Waals surface area contributed by atoms with Gasteiger partial charge in [-0.05, 0) is 55.0 Å². The molecule has 3 rings (SSSR count). The molecule has 0 aliphatic carbocycles. The van der Waals surface area contributed by atoms with Gasteiger partial charge in [-0.25, -0.2) is 8.42 Å². The Hall–Kier alpha value is -2.88. The lowest BCUT2D eigenvalue weighted by molar-refractivity contribution is -0.139. The summed E-state index contributed by atoms with van der Waals surface area (Å²) in [5, 5.41) is 2.99. The maximum absolute atomic E-state index is 13.6. The van der Waals surface area contributed by atoms with Gasteiger partial charge in [0, 0.05) is 23.1 Å². The number of nitrogens with zero attached hydrogens (tertiary/aromatic N) is 2. The van der Waals surface area contributed by atoms with Gasteiger partial charge in [0.25, 0.3) is 10.0 Å². The summed E-state index contributed by atoms with van der Waals surface area (Å²) in [5.74, 6) is -0.935. The Morgan fingerprint density at radius 2 is 1.57 bits per heavy atom. The average Bonchev–Trinajstić information content (AvgIpc) is 2.86. The van der Waals surface area contributed by atoms with Crippen molar-refractivity contribution in [1.82, 2.24) is 10.2 Å². The van der Waals surface area contributed by atoms with Crippen LogP contribution in [-0.4, -0.2) is 44.8 Å². The van der Waals surface area contributed by atoms with Crippen molar-refractivity contribution in [3.05, 3.63) is 93.9 Å². The minimum absolute atomic E-state index is 0.0344. The van der Waals surface area contributed by atoms with Gasteiger partial charge < -0.3 is 10.2 Å². The van der Waals surface area contributed by atoms with Crippen LogP contribution in [0.5, 0.6) is 0 Å². The summed E-state index contributed by atoms with van der Waals surface area (Å²) >= 11 is 9.66. The first kappa shape index (κ1) is 26.7. The van der Waals surface area contributed by atoms with E-state index in [0.717, 1.165) is 8.78 Å². The first-order valence-corrected chi connectivity index (χ1v) is 13.3. The molecule has 0 radical (unpaired) electrons. The molecule has 0 spiro atoms. The van der Waals surface area contributed by atoms with Crippen LogP contribution in [0.15, 0.2) is 88.2 Å². The lowest BCUT2D eigenvalue weighted by Crippen LogP contribution is -2.50. The van der Waals surface area contributed by atoms with Gasteiger partial charge in [-0.2, -0.15) is 0 Å². The summed E-state index contributed by atoms with van der Waals surface area (Å²) < 4.78 is 29.0. The molecule has 0 aliphatic heterocycles. The van der Waals surface area contributed by atoms with E-state index in [4.69, 9.17) is 11.6 Å². The standard InChI is InChI=1S/C25H25BrClN3O4S/c1-18(25(32)28-2)29(16-19-8-6-7-11-23(19)27)24(31)17-30(21-14-12-20(26)13-15-21)35(33,34)22-9-4-3-5-10-22/h3-15,18H,16-17H2,1-2H3,(H,28,32). The molecule has 3 aromatic carbocycles. The number of anilines is 1. The van der Waals surface area contributed by atoms with Crippen LogP contribution in [0, 0.1) is 0 Å². The van der Waals surface area contributed by atoms with E-state index >= 15 is 0 Å². The second-order valence-electron chi connectivity index (χ2n) is 7.70. The molecule has 0 saturated carbocycles. The van der Waals surface area contributed by atoms with E-state index in [1.165, 1.54) is 24.1 Å². The number of hydrogen-bond acceptors (Lipinski definition) is 4. The SMILES string of the molecule is CNC(=O)C(C)N(Cc1ccccc1Cl)C(=O)CN(c1ccc(Br)cc1)S(=O)(=O)c1ccccc1. The van der Waals surface area contributed by atoms with Crippen molar-refractivity contribution in [2.45, 2.75) is 24.4 Å². The second-order valence-corrected chi connectivity index (χ2v) is 10.9. The number of halogens is 2. The van der Waals surface area contributed by atoms with Gasteiger partial charge in [-0.3, -0.25) is 13.9 Å². The van der Waals surface area contributed by atoms with Gasteiger partial charge in [0.15, 0.2) is 0 Å². The molecule has 0 heterocycles. The van der Waals surface area contributed by atoms with Crippen LogP contribution in [0.25, 0.3) is 0 Å². The van der Waals surface area contributed by atoms with Gasteiger partial charge in [0.1, 0.15) is 12.6 Å². The van der Waals surface area contributed by atoms with Crippen molar-refractivity contribution in [1.29, 1.82) is 0 Å². The van der Waals surface area contributed by atoms with Gasteiger partial charge in [-0.1, -0.05) is 63.9 Å². The molecule has 0 bridgehead atoms. The number of sulfonamides is 1. The molecule has 0 saturated heterocycles. The second kappa shape index (κ2) is 11.7. The Bertz CT molecular complexity index is 1290.